The van der Waals surface area contributed by atoms with Crippen LogP contribution in [0.4, 0.5) is 0 Å². The van der Waals surface area contributed by atoms with Crippen LogP contribution in [-0.2, 0) is 4.79 Å². The minimum absolute atomic E-state index is 0.182. The van der Waals surface area contributed by atoms with Gasteiger partial charge in [0.15, 0.2) is 0 Å². The molecule has 4 nitrogen and oxygen atoms in total. The molecule has 0 saturated carbocycles. The standard InChI is InChI=1S/C10H18O4/c11-8-9(12)6-4-2-1-3-5-7-10(13)14/h5,7,9,11-12H,1-4,6,8H2,(H,13,14)/b7-5-/t9-/m1/s1. The highest BCUT2D eigenvalue weighted by Crippen LogP contribution is 2.05. The topological polar surface area (TPSA) is 77.8 Å². The second-order valence-corrected chi connectivity index (χ2v) is 3.22. The second-order valence-electron chi connectivity index (χ2n) is 3.22. The predicted molar refractivity (Wildman–Crippen MR) is 53.0 cm³/mol. The van der Waals surface area contributed by atoms with E-state index in [-0.39, 0.29) is 6.61 Å². The quantitative estimate of drug-likeness (QED) is 0.404. The van der Waals surface area contributed by atoms with E-state index in [2.05, 4.69) is 0 Å². The fourth-order valence-electron chi connectivity index (χ4n) is 1.09. The Morgan fingerprint density at radius 2 is 2.00 bits per heavy atom. The molecule has 82 valence electrons. The third-order valence-corrected chi connectivity index (χ3v) is 1.88. The molecular formula is C10H18O4. The van der Waals surface area contributed by atoms with Gasteiger partial charge in [-0.25, -0.2) is 4.79 Å². The third kappa shape index (κ3) is 9.22. The lowest BCUT2D eigenvalue weighted by atomic mass is 10.1. The molecule has 0 aromatic rings. The van der Waals surface area contributed by atoms with E-state index >= 15 is 0 Å². The number of carbonyl (C=O) groups is 1. The van der Waals surface area contributed by atoms with Crippen LogP contribution in [0, 0.1) is 0 Å². The average Bonchev–Trinajstić information content (AvgIpc) is 2.15. The summed E-state index contributed by atoms with van der Waals surface area (Å²) in [5, 5.41) is 25.8. The number of aliphatic hydroxyl groups is 2. The lowest BCUT2D eigenvalue weighted by Gasteiger charge is -2.05. The average molecular weight is 202 g/mol. The molecule has 0 spiro atoms. The van der Waals surface area contributed by atoms with Gasteiger partial charge >= 0.3 is 5.97 Å². The van der Waals surface area contributed by atoms with Gasteiger partial charge < -0.3 is 15.3 Å². The highest BCUT2D eigenvalue weighted by atomic mass is 16.4. The maximum Gasteiger partial charge on any atom is 0.327 e. The normalized spacial score (nSPS) is 13.3. The summed E-state index contributed by atoms with van der Waals surface area (Å²) in [5.74, 6) is -0.916. The Labute approximate surface area is 83.9 Å². The Hall–Kier alpha value is -0.870. The van der Waals surface area contributed by atoms with Crippen molar-refractivity contribution < 1.29 is 20.1 Å². The van der Waals surface area contributed by atoms with Crippen molar-refractivity contribution in [3.05, 3.63) is 12.2 Å². The van der Waals surface area contributed by atoms with Crippen LogP contribution >= 0.6 is 0 Å². The van der Waals surface area contributed by atoms with Gasteiger partial charge in [-0.3, -0.25) is 0 Å². The molecule has 14 heavy (non-hydrogen) atoms. The molecule has 0 aliphatic carbocycles. The van der Waals surface area contributed by atoms with Crippen molar-refractivity contribution in [3.63, 3.8) is 0 Å². The van der Waals surface area contributed by atoms with Crippen molar-refractivity contribution in [1.82, 2.24) is 0 Å². The van der Waals surface area contributed by atoms with Crippen molar-refractivity contribution in [1.29, 1.82) is 0 Å². The highest BCUT2D eigenvalue weighted by Gasteiger charge is 1.99. The van der Waals surface area contributed by atoms with Crippen LogP contribution in [-0.4, -0.2) is 34.0 Å². The van der Waals surface area contributed by atoms with Crippen molar-refractivity contribution in [3.8, 4) is 0 Å². The van der Waals surface area contributed by atoms with Crippen LogP contribution in [0.5, 0.6) is 0 Å². The molecule has 0 aliphatic rings. The van der Waals surface area contributed by atoms with Gasteiger partial charge in [0.25, 0.3) is 0 Å². The van der Waals surface area contributed by atoms with E-state index in [9.17, 15) is 4.79 Å². The molecule has 0 aliphatic heterocycles. The largest absolute Gasteiger partial charge is 0.478 e. The van der Waals surface area contributed by atoms with Gasteiger partial charge in [-0.1, -0.05) is 18.9 Å². The molecule has 0 saturated heterocycles. The monoisotopic (exact) mass is 202 g/mol. The number of allylic oxidation sites excluding steroid dienone is 1. The number of aliphatic hydroxyl groups excluding tert-OH is 2. The van der Waals surface area contributed by atoms with Crippen LogP contribution < -0.4 is 0 Å². The molecule has 0 aromatic heterocycles. The first-order chi connectivity index (χ1) is 6.66. The SMILES string of the molecule is O=C(O)/C=C\CCCCC[C@@H](O)CO. The van der Waals surface area contributed by atoms with Crippen molar-refractivity contribution >= 4 is 5.97 Å². The summed E-state index contributed by atoms with van der Waals surface area (Å²) in [7, 11) is 0. The Kier molecular flexibility index (Phi) is 8.17. The molecule has 0 fully saturated rings. The van der Waals surface area contributed by atoms with Crippen LogP contribution in [0.15, 0.2) is 12.2 Å². The Morgan fingerprint density at radius 1 is 1.29 bits per heavy atom. The molecule has 0 radical (unpaired) electrons. The number of aliphatic carboxylic acids is 1. The summed E-state index contributed by atoms with van der Waals surface area (Å²) >= 11 is 0. The Bertz CT molecular complexity index is 177. The first kappa shape index (κ1) is 13.1. The van der Waals surface area contributed by atoms with E-state index in [1.54, 1.807) is 6.08 Å². The number of carboxylic acid groups (broad SMARTS) is 1. The molecule has 0 rings (SSSR count). The fraction of sp³-hybridized carbons (Fsp3) is 0.700. The van der Waals surface area contributed by atoms with E-state index in [0.717, 1.165) is 31.8 Å². The summed E-state index contributed by atoms with van der Waals surface area (Å²) < 4.78 is 0. The maximum atomic E-state index is 10.1. The van der Waals surface area contributed by atoms with Crippen molar-refractivity contribution in [2.24, 2.45) is 0 Å². The number of carboxylic acids is 1. The molecule has 0 aromatic carbocycles. The van der Waals surface area contributed by atoms with Gasteiger partial charge in [0.1, 0.15) is 0 Å². The van der Waals surface area contributed by atoms with Gasteiger partial charge in [-0.05, 0) is 19.3 Å². The van der Waals surface area contributed by atoms with E-state index < -0.39 is 12.1 Å². The van der Waals surface area contributed by atoms with Gasteiger partial charge in [-0.2, -0.15) is 0 Å². The zero-order chi connectivity index (χ0) is 10.8. The van der Waals surface area contributed by atoms with Gasteiger partial charge in [0.05, 0.1) is 12.7 Å². The zero-order valence-corrected chi connectivity index (χ0v) is 8.22. The zero-order valence-electron chi connectivity index (χ0n) is 8.22. The lowest BCUT2D eigenvalue weighted by Crippen LogP contribution is -2.10. The number of hydrogen-bond donors (Lipinski definition) is 3. The van der Waals surface area contributed by atoms with E-state index in [4.69, 9.17) is 15.3 Å². The minimum atomic E-state index is -0.916. The van der Waals surface area contributed by atoms with E-state index in [1.807, 2.05) is 0 Å². The smallest absolute Gasteiger partial charge is 0.327 e. The number of unbranched alkanes of at least 4 members (excludes halogenated alkanes) is 3. The molecule has 0 bridgehead atoms. The molecule has 0 unspecified atom stereocenters. The van der Waals surface area contributed by atoms with Crippen LogP contribution in [0.1, 0.15) is 32.1 Å². The molecular weight excluding hydrogens is 184 g/mol. The van der Waals surface area contributed by atoms with Gasteiger partial charge in [-0.15, -0.1) is 0 Å². The Balaban J connectivity index is 3.18. The number of rotatable bonds is 8. The number of hydrogen-bond acceptors (Lipinski definition) is 3. The van der Waals surface area contributed by atoms with E-state index in [1.165, 1.54) is 0 Å². The van der Waals surface area contributed by atoms with Crippen molar-refractivity contribution in [2.75, 3.05) is 6.61 Å². The summed E-state index contributed by atoms with van der Waals surface area (Å²) in [4.78, 5) is 10.1. The van der Waals surface area contributed by atoms with Gasteiger partial charge in [0, 0.05) is 6.08 Å². The summed E-state index contributed by atoms with van der Waals surface area (Å²) in [5.41, 5.74) is 0. The fourth-order valence-corrected chi connectivity index (χ4v) is 1.09. The van der Waals surface area contributed by atoms with Crippen LogP contribution in [0.25, 0.3) is 0 Å². The predicted octanol–water partition coefficient (Wildman–Crippen LogP) is 0.931. The van der Waals surface area contributed by atoms with Crippen molar-refractivity contribution in [2.45, 2.75) is 38.2 Å². The highest BCUT2D eigenvalue weighted by molar-refractivity contribution is 5.79. The molecule has 1 atom stereocenters. The summed E-state index contributed by atoms with van der Waals surface area (Å²) in [6.45, 7) is -0.182. The minimum Gasteiger partial charge on any atom is -0.478 e. The first-order valence-electron chi connectivity index (χ1n) is 4.85. The maximum absolute atomic E-state index is 10.1. The van der Waals surface area contributed by atoms with E-state index in [0.29, 0.717) is 6.42 Å². The third-order valence-electron chi connectivity index (χ3n) is 1.88. The second kappa shape index (κ2) is 8.72. The Morgan fingerprint density at radius 3 is 2.57 bits per heavy atom. The van der Waals surface area contributed by atoms with Gasteiger partial charge in [0.2, 0.25) is 0 Å². The summed E-state index contributed by atoms with van der Waals surface area (Å²) in [6, 6.07) is 0. The molecule has 4 heteroatoms. The van der Waals surface area contributed by atoms with Crippen LogP contribution in [0.2, 0.25) is 0 Å². The molecule has 0 heterocycles. The molecule has 0 amide bonds. The summed E-state index contributed by atoms with van der Waals surface area (Å²) in [6.07, 6.45) is 6.25. The first-order valence-corrected chi connectivity index (χ1v) is 4.85. The van der Waals surface area contributed by atoms with Crippen LogP contribution in [0.3, 0.4) is 0 Å². The lowest BCUT2D eigenvalue weighted by molar-refractivity contribution is -0.131. The molecule has 3 N–H and O–H groups in total.